The van der Waals surface area contributed by atoms with Gasteiger partial charge in [0.15, 0.2) is 0 Å². The predicted octanol–water partition coefficient (Wildman–Crippen LogP) is 3.87. The molecule has 0 spiro atoms. The summed E-state index contributed by atoms with van der Waals surface area (Å²) in [5.74, 6) is 2.50. The van der Waals surface area contributed by atoms with Crippen molar-refractivity contribution in [1.29, 1.82) is 0 Å². The Labute approximate surface area is 172 Å². The first-order valence-electron chi connectivity index (χ1n) is 9.32. The molecule has 0 aliphatic carbocycles. The summed E-state index contributed by atoms with van der Waals surface area (Å²) >= 11 is 1.69. The van der Waals surface area contributed by atoms with Crippen LogP contribution in [0.25, 0.3) is 0 Å². The molecule has 7 heteroatoms. The molecule has 1 heterocycles. The molecule has 1 aromatic rings. The van der Waals surface area contributed by atoms with Crippen molar-refractivity contribution < 1.29 is 14.3 Å². The lowest BCUT2D eigenvalue weighted by molar-refractivity contribution is -0.140. The molecular formula is C20H31ClN2O3S. The van der Waals surface area contributed by atoms with Crippen LogP contribution >= 0.6 is 24.2 Å². The van der Waals surface area contributed by atoms with Gasteiger partial charge in [-0.25, -0.2) is 0 Å². The van der Waals surface area contributed by atoms with Crippen LogP contribution < -0.4 is 10.6 Å². The van der Waals surface area contributed by atoms with Crippen LogP contribution in [0.5, 0.6) is 0 Å². The third-order valence-electron chi connectivity index (χ3n) is 4.85. The van der Waals surface area contributed by atoms with Gasteiger partial charge in [0, 0.05) is 23.6 Å². The van der Waals surface area contributed by atoms with E-state index in [1.165, 1.54) is 7.11 Å². The van der Waals surface area contributed by atoms with Crippen LogP contribution in [0.3, 0.4) is 0 Å². The molecule has 1 fully saturated rings. The number of hydrogen-bond donors (Lipinski definition) is 2. The van der Waals surface area contributed by atoms with Gasteiger partial charge in [0.05, 0.1) is 13.5 Å². The quantitative estimate of drug-likeness (QED) is 0.474. The maximum atomic E-state index is 12.4. The highest BCUT2D eigenvalue weighted by atomic mass is 35.5. The van der Waals surface area contributed by atoms with E-state index in [-0.39, 0.29) is 24.3 Å². The zero-order valence-corrected chi connectivity index (χ0v) is 17.8. The molecule has 152 valence electrons. The number of carbonyl (C=O) groups excluding carboxylic acids is 2. The summed E-state index contributed by atoms with van der Waals surface area (Å²) in [6.45, 7) is 4.31. The summed E-state index contributed by atoms with van der Waals surface area (Å²) in [6.07, 6.45) is 3.31. The number of amides is 1. The lowest BCUT2D eigenvalue weighted by Gasteiger charge is -2.27. The number of anilines is 1. The van der Waals surface area contributed by atoms with E-state index in [9.17, 15) is 9.59 Å². The monoisotopic (exact) mass is 414 g/mol. The standard InChI is InChI=1S/C20H30N2O3S.ClH/c1-15(17-6-9-21-10-7-17)12-19(23)22-18-5-3-4-16(13-18)14-26-11-8-20(24)25-2;/h3-5,13,15,17,21H,6-12,14H2,1-2H3,(H,22,23);1H. The number of halogens is 1. The van der Waals surface area contributed by atoms with Crippen LogP contribution in [0, 0.1) is 11.8 Å². The second-order valence-electron chi connectivity index (χ2n) is 6.90. The first-order chi connectivity index (χ1) is 12.6. The summed E-state index contributed by atoms with van der Waals surface area (Å²) in [4.78, 5) is 23.5. The molecule has 0 aromatic heterocycles. The third kappa shape index (κ3) is 9.00. The summed E-state index contributed by atoms with van der Waals surface area (Å²) in [5, 5.41) is 6.40. The number of esters is 1. The minimum absolute atomic E-state index is 0. The molecule has 2 rings (SSSR count). The Kier molecular flexibility index (Phi) is 11.5. The number of thioether (sulfide) groups is 1. The third-order valence-corrected chi connectivity index (χ3v) is 5.88. The largest absolute Gasteiger partial charge is 0.469 e. The van der Waals surface area contributed by atoms with Crippen LogP contribution in [0.2, 0.25) is 0 Å². The summed E-state index contributed by atoms with van der Waals surface area (Å²) in [7, 11) is 1.41. The van der Waals surface area contributed by atoms with Crippen LogP contribution in [0.4, 0.5) is 5.69 Å². The average Bonchev–Trinajstić information content (AvgIpc) is 2.66. The molecule has 1 amide bonds. The molecule has 0 bridgehead atoms. The fraction of sp³-hybridized carbons (Fsp3) is 0.600. The van der Waals surface area contributed by atoms with Gasteiger partial charge in [0.25, 0.3) is 0 Å². The van der Waals surface area contributed by atoms with Crippen molar-refractivity contribution in [2.45, 2.75) is 38.4 Å². The summed E-state index contributed by atoms with van der Waals surface area (Å²) in [5.41, 5.74) is 1.99. The van der Waals surface area contributed by atoms with Crippen molar-refractivity contribution >= 4 is 41.7 Å². The molecule has 1 aliphatic heterocycles. The van der Waals surface area contributed by atoms with Gasteiger partial charge in [-0.2, -0.15) is 11.8 Å². The van der Waals surface area contributed by atoms with E-state index in [4.69, 9.17) is 0 Å². The molecule has 1 saturated heterocycles. The van der Waals surface area contributed by atoms with Crippen molar-refractivity contribution in [1.82, 2.24) is 5.32 Å². The number of methoxy groups -OCH3 is 1. The normalized spacial score (nSPS) is 15.5. The van der Waals surface area contributed by atoms with Gasteiger partial charge in [0.2, 0.25) is 5.91 Å². The second-order valence-corrected chi connectivity index (χ2v) is 8.00. The number of benzene rings is 1. The topological polar surface area (TPSA) is 67.4 Å². The second kappa shape index (κ2) is 13.0. The molecule has 5 nitrogen and oxygen atoms in total. The molecule has 1 aromatic carbocycles. The maximum Gasteiger partial charge on any atom is 0.306 e. The van der Waals surface area contributed by atoms with E-state index in [2.05, 4.69) is 22.3 Å². The predicted molar refractivity (Wildman–Crippen MR) is 114 cm³/mol. The number of piperidine rings is 1. The summed E-state index contributed by atoms with van der Waals surface area (Å²) in [6, 6.07) is 7.94. The van der Waals surface area contributed by atoms with Crippen LogP contribution in [-0.2, 0) is 20.1 Å². The van der Waals surface area contributed by atoms with E-state index in [1.54, 1.807) is 11.8 Å². The van der Waals surface area contributed by atoms with E-state index in [1.807, 2.05) is 24.3 Å². The Morgan fingerprint density at radius 3 is 2.78 bits per heavy atom. The maximum absolute atomic E-state index is 12.4. The van der Waals surface area contributed by atoms with Crippen molar-refractivity contribution in [3.63, 3.8) is 0 Å². The first kappa shape index (κ1) is 23.8. The number of nitrogens with one attached hydrogen (secondary N) is 2. The smallest absolute Gasteiger partial charge is 0.306 e. The number of hydrogen-bond acceptors (Lipinski definition) is 5. The molecule has 1 aliphatic rings. The minimum atomic E-state index is -0.179. The van der Waals surface area contributed by atoms with Gasteiger partial charge in [-0.15, -0.1) is 12.4 Å². The Morgan fingerprint density at radius 2 is 2.07 bits per heavy atom. The van der Waals surface area contributed by atoms with E-state index < -0.39 is 0 Å². The number of rotatable bonds is 9. The van der Waals surface area contributed by atoms with Crippen molar-refractivity contribution in [3.8, 4) is 0 Å². The first-order valence-corrected chi connectivity index (χ1v) is 10.5. The van der Waals surface area contributed by atoms with Crippen molar-refractivity contribution in [2.24, 2.45) is 11.8 Å². The van der Waals surface area contributed by atoms with E-state index >= 15 is 0 Å². The van der Waals surface area contributed by atoms with E-state index in [0.29, 0.717) is 24.7 Å². The highest BCUT2D eigenvalue weighted by molar-refractivity contribution is 7.98. The average molecular weight is 415 g/mol. The van der Waals surface area contributed by atoms with Gasteiger partial charge in [-0.1, -0.05) is 19.1 Å². The lowest BCUT2D eigenvalue weighted by Crippen LogP contribution is -2.32. The van der Waals surface area contributed by atoms with Gasteiger partial charge in [0.1, 0.15) is 0 Å². The highest BCUT2D eigenvalue weighted by Gasteiger charge is 2.22. The molecular weight excluding hydrogens is 384 g/mol. The zero-order valence-electron chi connectivity index (χ0n) is 16.2. The van der Waals surface area contributed by atoms with Crippen LogP contribution in [0.1, 0.15) is 38.2 Å². The van der Waals surface area contributed by atoms with Gasteiger partial charge in [-0.3, -0.25) is 9.59 Å². The van der Waals surface area contributed by atoms with Gasteiger partial charge >= 0.3 is 5.97 Å². The highest BCUT2D eigenvalue weighted by Crippen LogP contribution is 2.25. The SMILES string of the molecule is COC(=O)CCSCc1cccc(NC(=O)CC(C)C2CCNCC2)c1.Cl. The lowest BCUT2D eigenvalue weighted by atomic mass is 9.84. The van der Waals surface area contributed by atoms with Crippen molar-refractivity contribution in [3.05, 3.63) is 29.8 Å². The fourth-order valence-corrected chi connectivity index (χ4v) is 4.14. The minimum Gasteiger partial charge on any atom is -0.469 e. The van der Waals surface area contributed by atoms with Crippen LogP contribution in [0.15, 0.2) is 24.3 Å². The molecule has 1 atom stereocenters. The summed E-state index contributed by atoms with van der Waals surface area (Å²) < 4.78 is 4.64. The van der Waals surface area contributed by atoms with Gasteiger partial charge in [-0.05, 0) is 55.5 Å². The zero-order chi connectivity index (χ0) is 18.8. The van der Waals surface area contributed by atoms with Crippen LogP contribution in [-0.4, -0.2) is 37.8 Å². The molecule has 0 saturated carbocycles. The number of carbonyl (C=O) groups is 2. The van der Waals surface area contributed by atoms with Crippen molar-refractivity contribution in [2.75, 3.05) is 31.3 Å². The Balaban J connectivity index is 0.00000364. The van der Waals surface area contributed by atoms with Gasteiger partial charge < -0.3 is 15.4 Å². The molecule has 1 unspecified atom stereocenters. The molecule has 2 N–H and O–H groups in total. The molecule has 27 heavy (non-hydrogen) atoms. The van der Waals surface area contributed by atoms with E-state index in [0.717, 1.165) is 48.7 Å². The Morgan fingerprint density at radius 1 is 1.33 bits per heavy atom. The Hall–Kier alpha value is -1.24. The molecule has 0 radical (unpaired) electrons. The number of ether oxygens (including phenoxy) is 1. The fourth-order valence-electron chi connectivity index (χ4n) is 3.27. The Bertz CT molecular complexity index is 594.